The quantitative estimate of drug-likeness (QED) is 0.538. The zero-order valence-electron chi connectivity index (χ0n) is 12.9. The van der Waals surface area contributed by atoms with Crippen LogP contribution in [0.5, 0.6) is 0 Å². The van der Waals surface area contributed by atoms with Crippen molar-refractivity contribution in [3.05, 3.63) is 70.9 Å². The zero-order valence-corrected chi connectivity index (χ0v) is 13.7. The third-order valence-corrected chi connectivity index (χ3v) is 5.02. The molecule has 0 aliphatic heterocycles. The number of carbonyl (C=O) groups excluding carboxylic acids is 1. The van der Waals surface area contributed by atoms with Gasteiger partial charge in [-0.1, -0.05) is 24.8 Å². The fourth-order valence-corrected chi connectivity index (χ4v) is 3.77. The molecule has 1 aromatic heterocycles. The van der Waals surface area contributed by atoms with Crippen molar-refractivity contribution >= 4 is 37.4 Å². The topological polar surface area (TPSA) is 37.4 Å². The molecule has 0 spiro atoms. The van der Waals surface area contributed by atoms with Gasteiger partial charge in [0.15, 0.2) is 5.43 Å². The molecule has 1 amide bonds. The second kappa shape index (κ2) is 6.34. The van der Waals surface area contributed by atoms with E-state index in [2.05, 4.69) is 6.58 Å². The van der Waals surface area contributed by atoms with Gasteiger partial charge in [-0.2, -0.15) is 0 Å². The first-order chi connectivity index (χ1) is 11.1. The fourth-order valence-electron chi connectivity index (χ4n) is 2.64. The van der Waals surface area contributed by atoms with E-state index in [-0.39, 0.29) is 11.3 Å². The Bertz CT molecular complexity index is 958. The van der Waals surface area contributed by atoms with Gasteiger partial charge in [-0.3, -0.25) is 9.59 Å². The van der Waals surface area contributed by atoms with Gasteiger partial charge in [-0.15, -0.1) is 11.3 Å². The number of likely N-dealkylation sites (N-methyl/N-ethyl adjacent to an activating group) is 1. The van der Waals surface area contributed by atoms with Crippen molar-refractivity contribution in [3.63, 3.8) is 0 Å². The summed E-state index contributed by atoms with van der Waals surface area (Å²) in [5.41, 5.74) is 1.08. The van der Waals surface area contributed by atoms with E-state index in [9.17, 15) is 9.59 Å². The standard InChI is InChI=1S/C19H17NO2S/c1-3-18(21)20(4-2)12-13-9-10-15-17(11-13)23-16-8-6-5-7-14(16)19(15)22/h3,5-11H,1,4,12H2,2H3. The first kappa shape index (κ1) is 15.4. The van der Waals surface area contributed by atoms with Crippen LogP contribution in [0.1, 0.15) is 12.5 Å². The summed E-state index contributed by atoms with van der Waals surface area (Å²) in [6.07, 6.45) is 1.33. The van der Waals surface area contributed by atoms with Gasteiger partial charge in [0, 0.05) is 33.3 Å². The second-order valence-electron chi connectivity index (χ2n) is 5.31. The van der Waals surface area contributed by atoms with Gasteiger partial charge >= 0.3 is 0 Å². The summed E-state index contributed by atoms with van der Waals surface area (Å²) >= 11 is 1.60. The highest BCUT2D eigenvalue weighted by Gasteiger charge is 2.10. The van der Waals surface area contributed by atoms with E-state index in [0.29, 0.717) is 13.1 Å². The van der Waals surface area contributed by atoms with Crippen LogP contribution in [0.15, 0.2) is 59.9 Å². The number of carbonyl (C=O) groups is 1. The van der Waals surface area contributed by atoms with Crippen LogP contribution in [0, 0.1) is 0 Å². The minimum absolute atomic E-state index is 0.0652. The Balaban J connectivity index is 2.08. The molecule has 0 saturated carbocycles. The summed E-state index contributed by atoms with van der Waals surface area (Å²) < 4.78 is 1.94. The Labute approximate surface area is 138 Å². The molecule has 2 aromatic carbocycles. The average molecular weight is 323 g/mol. The van der Waals surface area contributed by atoms with Gasteiger partial charge in [0.2, 0.25) is 5.91 Å². The molecular formula is C19H17NO2S. The summed E-state index contributed by atoms with van der Waals surface area (Å²) in [6, 6.07) is 13.4. The van der Waals surface area contributed by atoms with Crippen LogP contribution in [0.25, 0.3) is 20.2 Å². The normalized spacial score (nSPS) is 10.8. The molecule has 0 radical (unpaired) electrons. The monoisotopic (exact) mass is 323 g/mol. The molecule has 23 heavy (non-hydrogen) atoms. The Morgan fingerprint density at radius 2 is 1.91 bits per heavy atom. The molecule has 0 aliphatic rings. The SMILES string of the molecule is C=CC(=O)N(CC)Cc1ccc2c(=O)c3ccccc3sc2c1. The molecule has 1 heterocycles. The molecule has 0 N–H and O–H groups in total. The van der Waals surface area contributed by atoms with Crippen molar-refractivity contribution in [2.75, 3.05) is 6.54 Å². The zero-order chi connectivity index (χ0) is 16.4. The van der Waals surface area contributed by atoms with Gasteiger partial charge in [-0.05, 0) is 42.8 Å². The number of rotatable bonds is 4. The number of benzene rings is 2. The van der Waals surface area contributed by atoms with Crippen molar-refractivity contribution in [2.24, 2.45) is 0 Å². The highest BCUT2D eigenvalue weighted by atomic mass is 32.1. The van der Waals surface area contributed by atoms with Crippen LogP contribution in [-0.4, -0.2) is 17.4 Å². The van der Waals surface area contributed by atoms with E-state index >= 15 is 0 Å². The first-order valence-electron chi connectivity index (χ1n) is 7.50. The van der Waals surface area contributed by atoms with Crippen LogP contribution in [0.2, 0.25) is 0 Å². The molecule has 0 bridgehead atoms. The summed E-state index contributed by atoms with van der Waals surface area (Å²) in [5, 5.41) is 1.49. The number of amides is 1. The first-order valence-corrected chi connectivity index (χ1v) is 8.31. The molecule has 0 aliphatic carbocycles. The Hall–Kier alpha value is -2.46. The van der Waals surface area contributed by atoms with E-state index in [1.807, 2.05) is 49.4 Å². The molecule has 0 fully saturated rings. The van der Waals surface area contributed by atoms with Crippen LogP contribution in [0.3, 0.4) is 0 Å². The van der Waals surface area contributed by atoms with Crippen molar-refractivity contribution in [1.29, 1.82) is 0 Å². The van der Waals surface area contributed by atoms with Crippen LogP contribution >= 0.6 is 11.3 Å². The van der Waals surface area contributed by atoms with E-state index in [1.54, 1.807) is 16.2 Å². The van der Waals surface area contributed by atoms with Crippen LogP contribution < -0.4 is 5.43 Å². The highest BCUT2D eigenvalue weighted by molar-refractivity contribution is 7.24. The fraction of sp³-hybridized carbons (Fsp3) is 0.158. The van der Waals surface area contributed by atoms with Crippen LogP contribution in [0.4, 0.5) is 0 Å². The van der Waals surface area contributed by atoms with Crippen LogP contribution in [-0.2, 0) is 11.3 Å². The molecular weight excluding hydrogens is 306 g/mol. The van der Waals surface area contributed by atoms with E-state index < -0.39 is 0 Å². The smallest absolute Gasteiger partial charge is 0.246 e. The predicted octanol–water partition coefficient (Wildman–Crippen LogP) is 3.95. The predicted molar refractivity (Wildman–Crippen MR) is 96.9 cm³/mol. The number of nitrogens with zero attached hydrogens (tertiary/aromatic N) is 1. The lowest BCUT2D eigenvalue weighted by molar-refractivity contribution is -0.126. The van der Waals surface area contributed by atoms with E-state index in [4.69, 9.17) is 0 Å². The van der Waals surface area contributed by atoms with Crippen molar-refractivity contribution in [3.8, 4) is 0 Å². The highest BCUT2D eigenvalue weighted by Crippen LogP contribution is 2.25. The third kappa shape index (κ3) is 2.90. The summed E-state index contributed by atoms with van der Waals surface area (Å²) in [5.74, 6) is -0.0840. The van der Waals surface area contributed by atoms with E-state index in [1.165, 1.54) is 6.08 Å². The van der Waals surface area contributed by atoms with Gasteiger partial charge in [0.25, 0.3) is 0 Å². The maximum atomic E-state index is 12.6. The number of hydrogen-bond donors (Lipinski definition) is 0. The molecule has 3 aromatic rings. The van der Waals surface area contributed by atoms with E-state index in [0.717, 1.165) is 25.7 Å². The number of hydrogen-bond acceptors (Lipinski definition) is 3. The molecule has 3 rings (SSSR count). The van der Waals surface area contributed by atoms with Gasteiger partial charge < -0.3 is 4.90 Å². The minimum Gasteiger partial charge on any atom is -0.335 e. The summed E-state index contributed by atoms with van der Waals surface area (Å²) in [7, 11) is 0. The molecule has 0 atom stereocenters. The third-order valence-electron chi connectivity index (χ3n) is 3.88. The lowest BCUT2D eigenvalue weighted by Crippen LogP contribution is -2.28. The minimum atomic E-state index is -0.0840. The lowest BCUT2D eigenvalue weighted by Gasteiger charge is -2.19. The van der Waals surface area contributed by atoms with Crippen molar-refractivity contribution < 1.29 is 4.79 Å². The Morgan fingerprint density at radius 3 is 2.65 bits per heavy atom. The Morgan fingerprint density at radius 1 is 1.17 bits per heavy atom. The maximum Gasteiger partial charge on any atom is 0.246 e. The van der Waals surface area contributed by atoms with Crippen molar-refractivity contribution in [2.45, 2.75) is 13.5 Å². The molecule has 3 nitrogen and oxygen atoms in total. The average Bonchev–Trinajstić information content (AvgIpc) is 2.59. The van der Waals surface area contributed by atoms with Gasteiger partial charge in [0.1, 0.15) is 0 Å². The van der Waals surface area contributed by atoms with Gasteiger partial charge in [-0.25, -0.2) is 0 Å². The molecule has 4 heteroatoms. The summed E-state index contributed by atoms with van der Waals surface area (Å²) in [6.45, 7) is 6.62. The molecule has 116 valence electrons. The lowest BCUT2D eigenvalue weighted by atomic mass is 10.1. The molecule has 0 unspecified atom stereocenters. The summed E-state index contributed by atoms with van der Waals surface area (Å²) in [4.78, 5) is 26.1. The largest absolute Gasteiger partial charge is 0.335 e. The van der Waals surface area contributed by atoms with Gasteiger partial charge in [0.05, 0.1) is 0 Å². The Kier molecular flexibility index (Phi) is 4.26. The number of fused-ring (bicyclic) bond motifs is 2. The maximum absolute atomic E-state index is 12.6. The molecule has 0 saturated heterocycles. The van der Waals surface area contributed by atoms with Crippen molar-refractivity contribution in [1.82, 2.24) is 4.90 Å². The second-order valence-corrected chi connectivity index (χ2v) is 6.40.